The van der Waals surface area contributed by atoms with Crippen LogP contribution in [-0.2, 0) is 6.61 Å². The lowest BCUT2D eigenvalue weighted by Crippen LogP contribution is -1.94. The molecule has 3 aromatic carbocycles. The lowest BCUT2D eigenvalue weighted by molar-refractivity contribution is 0.306. The molecule has 2 heteroatoms. The zero-order valence-electron chi connectivity index (χ0n) is 11.6. The van der Waals surface area contributed by atoms with Crippen molar-refractivity contribution in [3.8, 4) is 17.2 Å². The molecule has 0 fully saturated rings. The van der Waals surface area contributed by atoms with Crippen LogP contribution in [0.15, 0.2) is 84.9 Å². The fourth-order valence-electron chi connectivity index (χ4n) is 1.97. The summed E-state index contributed by atoms with van der Waals surface area (Å²) in [4.78, 5) is 0. The summed E-state index contributed by atoms with van der Waals surface area (Å²) in [6.07, 6.45) is 0. The van der Waals surface area contributed by atoms with E-state index in [-0.39, 0.29) is 0 Å². The Morgan fingerprint density at radius 2 is 1.05 bits per heavy atom. The van der Waals surface area contributed by atoms with Gasteiger partial charge in [0.25, 0.3) is 0 Å². The molecule has 0 radical (unpaired) electrons. The lowest BCUT2D eigenvalue weighted by atomic mass is 10.2. The zero-order valence-corrected chi connectivity index (χ0v) is 11.6. The summed E-state index contributed by atoms with van der Waals surface area (Å²) in [5, 5.41) is 0. The van der Waals surface area contributed by atoms with Crippen molar-refractivity contribution >= 4 is 0 Å². The van der Waals surface area contributed by atoms with Crippen LogP contribution in [-0.4, -0.2) is 0 Å². The molecule has 0 aliphatic heterocycles. The van der Waals surface area contributed by atoms with Crippen LogP contribution in [0.3, 0.4) is 0 Å². The smallest absolute Gasteiger partial charge is 0.127 e. The first-order valence-corrected chi connectivity index (χ1v) is 6.90. The molecular weight excluding hydrogens is 260 g/mol. The van der Waals surface area contributed by atoms with E-state index in [1.54, 1.807) is 0 Å². The van der Waals surface area contributed by atoms with Gasteiger partial charge in [0.1, 0.15) is 23.9 Å². The SMILES string of the molecule is c1ccc(COc2ccc(Oc3ccccc3)cc2)cc1. The van der Waals surface area contributed by atoms with E-state index in [1.807, 2.05) is 84.9 Å². The molecule has 0 N–H and O–H groups in total. The normalized spacial score (nSPS) is 10.1. The third kappa shape index (κ3) is 3.86. The van der Waals surface area contributed by atoms with Gasteiger partial charge in [-0.15, -0.1) is 0 Å². The van der Waals surface area contributed by atoms with E-state index in [9.17, 15) is 0 Å². The number of benzene rings is 3. The van der Waals surface area contributed by atoms with E-state index in [1.165, 1.54) is 0 Å². The standard InChI is InChI=1S/C19H16O2/c1-3-7-16(8-4-1)15-20-17-11-13-19(14-12-17)21-18-9-5-2-6-10-18/h1-14H,15H2. The van der Waals surface area contributed by atoms with E-state index < -0.39 is 0 Å². The Morgan fingerprint density at radius 1 is 0.524 bits per heavy atom. The predicted octanol–water partition coefficient (Wildman–Crippen LogP) is 5.06. The molecule has 0 atom stereocenters. The molecule has 0 aliphatic rings. The van der Waals surface area contributed by atoms with Gasteiger partial charge in [-0.2, -0.15) is 0 Å². The van der Waals surface area contributed by atoms with Crippen LogP contribution in [0.1, 0.15) is 5.56 Å². The van der Waals surface area contributed by atoms with Crippen molar-refractivity contribution in [3.05, 3.63) is 90.5 Å². The highest BCUT2D eigenvalue weighted by molar-refractivity contribution is 5.35. The van der Waals surface area contributed by atoms with Crippen LogP contribution >= 0.6 is 0 Å². The Kier molecular flexibility index (Phi) is 4.18. The van der Waals surface area contributed by atoms with Crippen LogP contribution in [0.2, 0.25) is 0 Å². The molecule has 3 rings (SSSR count). The second kappa shape index (κ2) is 6.62. The van der Waals surface area contributed by atoms with Gasteiger partial charge in [0.15, 0.2) is 0 Å². The maximum Gasteiger partial charge on any atom is 0.127 e. The summed E-state index contributed by atoms with van der Waals surface area (Å²) in [7, 11) is 0. The Bertz CT molecular complexity index is 661. The van der Waals surface area contributed by atoms with Gasteiger partial charge in [-0.1, -0.05) is 48.5 Å². The van der Waals surface area contributed by atoms with Gasteiger partial charge in [-0.25, -0.2) is 0 Å². The van der Waals surface area contributed by atoms with Gasteiger partial charge >= 0.3 is 0 Å². The Balaban J connectivity index is 1.59. The topological polar surface area (TPSA) is 18.5 Å². The quantitative estimate of drug-likeness (QED) is 0.648. The van der Waals surface area contributed by atoms with Gasteiger partial charge in [-0.3, -0.25) is 0 Å². The number of hydrogen-bond donors (Lipinski definition) is 0. The molecule has 0 saturated carbocycles. The molecule has 0 unspecified atom stereocenters. The van der Waals surface area contributed by atoms with Gasteiger partial charge in [0, 0.05) is 0 Å². The predicted molar refractivity (Wildman–Crippen MR) is 83.7 cm³/mol. The van der Waals surface area contributed by atoms with Crippen molar-refractivity contribution in [2.75, 3.05) is 0 Å². The molecule has 2 nitrogen and oxygen atoms in total. The first-order valence-electron chi connectivity index (χ1n) is 6.90. The highest BCUT2D eigenvalue weighted by atomic mass is 16.5. The van der Waals surface area contributed by atoms with Gasteiger partial charge in [0.05, 0.1) is 0 Å². The van der Waals surface area contributed by atoms with Crippen molar-refractivity contribution in [2.24, 2.45) is 0 Å². The molecule has 0 spiro atoms. The second-order valence-corrected chi connectivity index (χ2v) is 4.66. The van der Waals surface area contributed by atoms with E-state index in [0.29, 0.717) is 6.61 Å². The van der Waals surface area contributed by atoms with Gasteiger partial charge in [-0.05, 0) is 42.0 Å². The second-order valence-electron chi connectivity index (χ2n) is 4.66. The summed E-state index contributed by atoms with van der Waals surface area (Å²) in [5.41, 5.74) is 1.15. The van der Waals surface area contributed by atoms with Crippen LogP contribution in [0.4, 0.5) is 0 Å². The molecule has 104 valence electrons. The lowest BCUT2D eigenvalue weighted by Gasteiger charge is -2.08. The third-order valence-electron chi connectivity index (χ3n) is 3.05. The number of ether oxygens (including phenoxy) is 2. The van der Waals surface area contributed by atoms with E-state index in [2.05, 4.69) is 0 Å². The third-order valence-corrected chi connectivity index (χ3v) is 3.05. The van der Waals surface area contributed by atoms with E-state index >= 15 is 0 Å². The van der Waals surface area contributed by atoms with Crippen molar-refractivity contribution in [3.63, 3.8) is 0 Å². The fourth-order valence-corrected chi connectivity index (χ4v) is 1.97. The van der Waals surface area contributed by atoms with Gasteiger partial charge in [0.2, 0.25) is 0 Å². The van der Waals surface area contributed by atoms with Crippen LogP contribution < -0.4 is 9.47 Å². The number of para-hydroxylation sites is 1. The Morgan fingerprint density at radius 3 is 1.71 bits per heavy atom. The van der Waals surface area contributed by atoms with Crippen molar-refractivity contribution in [1.82, 2.24) is 0 Å². The molecule has 0 aromatic heterocycles. The number of hydrogen-bond acceptors (Lipinski definition) is 2. The summed E-state index contributed by atoms with van der Waals surface area (Å²) < 4.78 is 11.5. The average Bonchev–Trinajstić information content (AvgIpc) is 2.56. The minimum absolute atomic E-state index is 0.569. The highest BCUT2D eigenvalue weighted by Crippen LogP contribution is 2.23. The molecule has 0 bridgehead atoms. The Labute approximate surface area is 124 Å². The first-order chi connectivity index (χ1) is 10.4. The summed E-state index contributed by atoms with van der Waals surface area (Å²) in [6, 6.07) is 27.5. The minimum Gasteiger partial charge on any atom is -0.489 e. The highest BCUT2D eigenvalue weighted by Gasteiger charge is 1.99. The fraction of sp³-hybridized carbons (Fsp3) is 0.0526. The molecule has 0 saturated heterocycles. The Hall–Kier alpha value is -2.74. The monoisotopic (exact) mass is 276 g/mol. The summed E-state index contributed by atoms with van der Waals surface area (Å²) in [6.45, 7) is 0.569. The van der Waals surface area contributed by atoms with Crippen molar-refractivity contribution < 1.29 is 9.47 Å². The van der Waals surface area contributed by atoms with E-state index in [4.69, 9.17) is 9.47 Å². The molecule has 21 heavy (non-hydrogen) atoms. The van der Waals surface area contributed by atoms with Crippen molar-refractivity contribution in [1.29, 1.82) is 0 Å². The molecule has 0 amide bonds. The maximum absolute atomic E-state index is 5.74. The van der Waals surface area contributed by atoms with Crippen LogP contribution in [0.25, 0.3) is 0 Å². The first kappa shape index (κ1) is 13.3. The summed E-state index contributed by atoms with van der Waals surface area (Å²) >= 11 is 0. The molecule has 3 aromatic rings. The van der Waals surface area contributed by atoms with Crippen LogP contribution in [0.5, 0.6) is 17.2 Å². The van der Waals surface area contributed by atoms with Gasteiger partial charge < -0.3 is 9.47 Å². The maximum atomic E-state index is 5.74. The number of rotatable bonds is 5. The largest absolute Gasteiger partial charge is 0.489 e. The van der Waals surface area contributed by atoms with Crippen molar-refractivity contribution in [2.45, 2.75) is 6.61 Å². The molecule has 0 heterocycles. The van der Waals surface area contributed by atoms with E-state index in [0.717, 1.165) is 22.8 Å². The molecular formula is C19H16O2. The summed E-state index contributed by atoms with van der Waals surface area (Å²) in [5.74, 6) is 2.46. The average molecular weight is 276 g/mol. The molecule has 0 aliphatic carbocycles. The van der Waals surface area contributed by atoms with Crippen LogP contribution in [0, 0.1) is 0 Å². The minimum atomic E-state index is 0.569. The zero-order chi connectivity index (χ0) is 14.3.